The predicted octanol–water partition coefficient (Wildman–Crippen LogP) is 5.16. The number of hydrogen-bond donors (Lipinski definition) is 1. The molecule has 0 atom stereocenters. The van der Waals surface area contributed by atoms with Gasteiger partial charge in [0.1, 0.15) is 5.75 Å². The lowest BCUT2D eigenvalue weighted by Crippen LogP contribution is -2.05. The van der Waals surface area contributed by atoms with E-state index >= 15 is 0 Å². The second kappa shape index (κ2) is 6.96. The molecule has 0 aliphatic carbocycles. The maximum atomic E-state index is 5.72. The number of benzene rings is 1. The van der Waals surface area contributed by atoms with Gasteiger partial charge in [0, 0.05) is 21.1 Å². The zero-order valence-corrected chi connectivity index (χ0v) is 13.6. The SMILES string of the molecule is CC(C)COc1cccc(NCc2sccc2Br)c1. The first-order valence-electron chi connectivity index (χ1n) is 6.34. The molecule has 1 heterocycles. The molecule has 0 saturated heterocycles. The Hall–Kier alpha value is -1.00. The maximum Gasteiger partial charge on any atom is 0.121 e. The highest BCUT2D eigenvalue weighted by molar-refractivity contribution is 9.10. The summed E-state index contributed by atoms with van der Waals surface area (Å²) in [5.74, 6) is 1.46. The van der Waals surface area contributed by atoms with Crippen LogP contribution in [0.4, 0.5) is 5.69 Å². The summed E-state index contributed by atoms with van der Waals surface area (Å²) in [7, 11) is 0. The number of ether oxygens (including phenoxy) is 1. The number of hydrogen-bond acceptors (Lipinski definition) is 3. The van der Waals surface area contributed by atoms with Crippen LogP contribution in [-0.4, -0.2) is 6.61 Å². The molecule has 0 aliphatic heterocycles. The van der Waals surface area contributed by atoms with Crippen molar-refractivity contribution in [1.82, 2.24) is 0 Å². The zero-order valence-electron chi connectivity index (χ0n) is 11.2. The Balaban J connectivity index is 1.93. The van der Waals surface area contributed by atoms with Gasteiger partial charge in [-0.2, -0.15) is 0 Å². The summed E-state index contributed by atoms with van der Waals surface area (Å²) in [6, 6.07) is 10.2. The Labute approximate surface area is 126 Å². The number of thiophene rings is 1. The lowest BCUT2D eigenvalue weighted by Gasteiger charge is -2.11. The maximum absolute atomic E-state index is 5.72. The molecule has 19 heavy (non-hydrogen) atoms. The summed E-state index contributed by atoms with van der Waals surface area (Å²) in [6.45, 7) is 5.87. The van der Waals surface area contributed by atoms with Crippen LogP contribution in [0.3, 0.4) is 0 Å². The molecule has 2 rings (SSSR count). The first-order chi connectivity index (χ1) is 9.15. The van der Waals surface area contributed by atoms with E-state index in [2.05, 4.69) is 52.6 Å². The summed E-state index contributed by atoms with van der Waals surface area (Å²) in [4.78, 5) is 1.30. The van der Waals surface area contributed by atoms with Crippen LogP contribution in [0.25, 0.3) is 0 Å². The first kappa shape index (κ1) is 14.4. The molecule has 2 nitrogen and oxygen atoms in total. The van der Waals surface area contributed by atoms with Crippen LogP contribution in [-0.2, 0) is 6.54 Å². The van der Waals surface area contributed by atoms with Crippen molar-refractivity contribution in [3.05, 3.63) is 45.1 Å². The van der Waals surface area contributed by atoms with Crippen molar-refractivity contribution in [2.45, 2.75) is 20.4 Å². The number of rotatable bonds is 6. The molecule has 4 heteroatoms. The third-order valence-corrected chi connectivity index (χ3v) is 4.49. The zero-order chi connectivity index (χ0) is 13.7. The third-order valence-electron chi connectivity index (χ3n) is 2.56. The number of halogens is 1. The van der Waals surface area contributed by atoms with Crippen molar-refractivity contribution in [2.24, 2.45) is 5.92 Å². The van der Waals surface area contributed by atoms with Gasteiger partial charge in [-0.25, -0.2) is 0 Å². The number of anilines is 1. The minimum atomic E-state index is 0.540. The van der Waals surface area contributed by atoms with E-state index in [0.29, 0.717) is 5.92 Å². The molecule has 102 valence electrons. The minimum Gasteiger partial charge on any atom is -0.493 e. The Morgan fingerprint density at radius 3 is 2.84 bits per heavy atom. The monoisotopic (exact) mass is 339 g/mol. The molecule has 0 saturated carbocycles. The molecular weight excluding hydrogens is 322 g/mol. The van der Waals surface area contributed by atoms with Gasteiger partial charge in [-0.1, -0.05) is 19.9 Å². The normalized spacial score (nSPS) is 10.7. The van der Waals surface area contributed by atoms with Gasteiger partial charge in [-0.15, -0.1) is 11.3 Å². The highest BCUT2D eigenvalue weighted by atomic mass is 79.9. The summed E-state index contributed by atoms with van der Waals surface area (Å²) < 4.78 is 6.89. The standard InChI is InChI=1S/C15H18BrNOS/c1-11(2)10-18-13-5-3-4-12(8-13)17-9-15-14(16)6-7-19-15/h3-8,11,17H,9-10H2,1-2H3. The largest absolute Gasteiger partial charge is 0.493 e. The Bertz CT molecular complexity index is 524. The van der Waals surface area contributed by atoms with Crippen molar-refractivity contribution in [3.8, 4) is 5.75 Å². The molecular formula is C15H18BrNOS. The fourth-order valence-corrected chi connectivity index (χ4v) is 3.02. The van der Waals surface area contributed by atoms with Gasteiger partial charge >= 0.3 is 0 Å². The van der Waals surface area contributed by atoms with Crippen LogP contribution in [0.2, 0.25) is 0 Å². The molecule has 0 radical (unpaired) electrons. The fourth-order valence-electron chi connectivity index (χ4n) is 1.59. The van der Waals surface area contributed by atoms with Gasteiger partial charge in [-0.05, 0) is 45.4 Å². The van der Waals surface area contributed by atoms with E-state index in [0.717, 1.165) is 29.1 Å². The minimum absolute atomic E-state index is 0.540. The van der Waals surface area contributed by atoms with Crippen LogP contribution in [0.5, 0.6) is 5.75 Å². The molecule has 1 N–H and O–H groups in total. The first-order valence-corrected chi connectivity index (χ1v) is 8.01. The topological polar surface area (TPSA) is 21.3 Å². The number of nitrogens with one attached hydrogen (secondary N) is 1. The average molecular weight is 340 g/mol. The molecule has 0 unspecified atom stereocenters. The summed E-state index contributed by atoms with van der Waals surface area (Å²) in [6.07, 6.45) is 0. The van der Waals surface area contributed by atoms with E-state index in [1.165, 1.54) is 4.88 Å². The van der Waals surface area contributed by atoms with Crippen LogP contribution >= 0.6 is 27.3 Å². The van der Waals surface area contributed by atoms with Gasteiger partial charge in [-0.3, -0.25) is 0 Å². The highest BCUT2D eigenvalue weighted by Gasteiger charge is 2.02. The smallest absolute Gasteiger partial charge is 0.121 e. The molecule has 0 spiro atoms. The lowest BCUT2D eigenvalue weighted by atomic mass is 10.2. The van der Waals surface area contributed by atoms with Crippen molar-refractivity contribution in [1.29, 1.82) is 0 Å². The van der Waals surface area contributed by atoms with Gasteiger partial charge in [0.2, 0.25) is 0 Å². The molecule has 0 fully saturated rings. The van der Waals surface area contributed by atoms with E-state index in [1.54, 1.807) is 11.3 Å². The van der Waals surface area contributed by atoms with Crippen LogP contribution in [0.1, 0.15) is 18.7 Å². The van der Waals surface area contributed by atoms with Crippen LogP contribution in [0.15, 0.2) is 40.2 Å². The molecule has 0 amide bonds. The summed E-state index contributed by atoms with van der Waals surface area (Å²) in [5.41, 5.74) is 1.08. The predicted molar refractivity (Wildman–Crippen MR) is 86.1 cm³/mol. The van der Waals surface area contributed by atoms with Gasteiger partial charge < -0.3 is 10.1 Å². The molecule has 0 aliphatic rings. The van der Waals surface area contributed by atoms with E-state index < -0.39 is 0 Å². The van der Waals surface area contributed by atoms with Gasteiger partial charge in [0.05, 0.1) is 13.2 Å². The quantitative estimate of drug-likeness (QED) is 0.784. The van der Waals surface area contributed by atoms with Crippen LogP contribution < -0.4 is 10.1 Å². The van der Waals surface area contributed by atoms with Gasteiger partial charge in [0.25, 0.3) is 0 Å². The molecule has 1 aromatic carbocycles. The van der Waals surface area contributed by atoms with E-state index in [4.69, 9.17) is 4.74 Å². The Morgan fingerprint density at radius 2 is 2.16 bits per heavy atom. The van der Waals surface area contributed by atoms with Crippen molar-refractivity contribution in [3.63, 3.8) is 0 Å². The lowest BCUT2D eigenvalue weighted by molar-refractivity contribution is 0.271. The Morgan fingerprint density at radius 1 is 1.32 bits per heavy atom. The summed E-state index contributed by atoms with van der Waals surface area (Å²) in [5, 5.41) is 5.50. The molecule has 1 aromatic heterocycles. The van der Waals surface area contributed by atoms with E-state index in [-0.39, 0.29) is 0 Å². The van der Waals surface area contributed by atoms with Crippen LogP contribution in [0, 0.1) is 5.92 Å². The van der Waals surface area contributed by atoms with Crippen molar-refractivity contribution < 1.29 is 4.74 Å². The van der Waals surface area contributed by atoms with E-state index in [1.807, 2.05) is 18.2 Å². The van der Waals surface area contributed by atoms with E-state index in [9.17, 15) is 0 Å². The fraction of sp³-hybridized carbons (Fsp3) is 0.333. The second-order valence-corrected chi connectivity index (χ2v) is 6.63. The summed E-state index contributed by atoms with van der Waals surface area (Å²) >= 11 is 5.29. The highest BCUT2D eigenvalue weighted by Crippen LogP contribution is 2.24. The third kappa shape index (κ3) is 4.55. The van der Waals surface area contributed by atoms with Crippen molar-refractivity contribution >= 4 is 33.0 Å². The molecule has 0 bridgehead atoms. The second-order valence-electron chi connectivity index (χ2n) is 4.78. The average Bonchev–Trinajstić information content (AvgIpc) is 2.80. The molecule has 2 aromatic rings. The van der Waals surface area contributed by atoms with Crippen molar-refractivity contribution in [2.75, 3.05) is 11.9 Å². The Kier molecular flexibility index (Phi) is 5.28. The van der Waals surface area contributed by atoms with Gasteiger partial charge in [0.15, 0.2) is 0 Å².